The van der Waals surface area contributed by atoms with E-state index in [-0.39, 0.29) is 0 Å². The summed E-state index contributed by atoms with van der Waals surface area (Å²) in [5, 5.41) is 5.79. The number of thiophene rings is 1. The average molecular weight is 252 g/mol. The molecule has 0 spiro atoms. The molecule has 1 aromatic rings. The lowest BCUT2D eigenvalue weighted by Crippen LogP contribution is -2.55. The molecule has 1 aliphatic heterocycles. The van der Waals surface area contributed by atoms with Gasteiger partial charge in [-0.05, 0) is 30.7 Å². The number of rotatable bonds is 4. The third kappa shape index (κ3) is 3.80. The molecule has 0 saturated carbocycles. The van der Waals surface area contributed by atoms with Crippen LogP contribution in [0.3, 0.4) is 0 Å². The first-order valence-corrected chi connectivity index (χ1v) is 7.53. The molecular formula is C14H24N2S. The second-order valence-corrected chi connectivity index (χ2v) is 6.63. The lowest BCUT2D eigenvalue weighted by Gasteiger charge is -2.40. The molecule has 1 saturated heterocycles. The van der Waals surface area contributed by atoms with E-state index in [0.29, 0.717) is 12.1 Å². The number of hydrogen-bond donors (Lipinski definition) is 1. The standard InChI is InChI=1S/C14H24N2S/c1-11(2)7-13-8-15-12(3)9-16(13)10-14-5-4-6-17-14/h4-6,11-13,15H,7-10H2,1-3H3. The largest absolute Gasteiger partial charge is 0.311 e. The highest BCUT2D eigenvalue weighted by molar-refractivity contribution is 7.09. The van der Waals surface area contributed by atoms with Gasteiger partial charge in [-0.2, -0.15) is 0 Å². The Hall–Kier alpha value is -0.380. The predicted molar refractivity (Wildman–Crippen MR) is 75.4 cm³/mol. The zero-order valence-corrected chi connectivity index (χ0v) is 12.0. The molecular weight excluding hydrogens is 228 g/mol. The Labute approximate surface area is 109 Å². The normalized spacial score (nSPS) is 26.6. The van der Waals surface area contributed by atoms with Gasteiger partial charge in [-0.3, -0.25) is 4.90 Å². The summed E-state index contributed by atoms with van der Waals surface area (Å²) in [5.74, 6) is 0.779. The first-order valence-electron chi connectivity index (χ1n) is 6.65. The third-order valence-electron chi connectivity index (χ3n) is 3.41. The molecule has 0 bridgehead atoms. The van der Waals surface area contributed by atoms with Crippen molar-refractivity contribution in [1.29, 1.82) is 0 Å². The van der Waals surface area contributed by atoms with Crippen molar-refractivity contribution in [3.8, 4) is 0 Å². The summed E-state index contributed by atoms with van der Waals surface area (Å²) in [6.45, 7) is 10.4. The second kappa shape index (κ2) is 5.98. The van der Waals surface area contributed by atoms with Gasteiger partial charge in [-0.1, -0.05) is 19.9 Å². The van der Waals surface area contributed by atoms with Gasteiger partial charge < -0.3 is 5.32 Å². The molecule has 2 heterocycles. The fourth-order valence-electron chi connectivity index (χ4n) is 2.60. The highest BCUT2D eigenvalue weighted by Crippen LogP contribution is 2.20. The van der Waals surface area contributed by atoms with Crippen LogP contribution in [0.2, 0.25) is 0 Å². The fourth-order valence-corrected chi connectivity index (χ4v) is 3.33. The van der Waals surface area contributed by atoms with Crippen LogP contribution in [0.5, 0.6) is 0 Å². The summed E-state index contributed by atoms with van der Waals surface area (Å²) >= 11 is 1.88. The molecule has 2 nitrogen and oxygen atoms in total. The van der Waals surface area contributed by atoms with Crippen LogP contribution in [0.25, 0.3) is 0 Å². The van der Waals surface area contributed by atoms with Crippen LogP contribution in [-0.2, 0) is 6.54 Å². The summed E-state index contributed by atoms with van der Waals surface area (Å²) in [7, 11) is 0. The van der Waals surface area contributed by atoms with Gasteiger partial charge in [0.2, 0.25) is 0 Å². The topological polar surface area (TPSA) is 15.3 Å². The van der Waals surface area contributed by atoms with Gasteiger partial charge in [0, 0.05) is 36.6 Å². The molecule has 2 rings (SSSR count). The molecule has 1 aliphatic rings. The smallest absolute Gasteiger partial charge is 0.0332 e. The van der Waals surface area contributed by atoms with E-state index < -0.39 is 0 Å². The summed E-state index contributed by atoms with van der Waals surface area (Å²) in [5.41, 5.74) is 0. The molecule has 1 aromatic heterocycles. The number of hydrogen-bond acceptors (Lipinski definition) is 3. The van der Waals surface area contributed by atoms with Gasteiger partial charge in [0.15, 0.2) is 0 Å². The van der Waals surface area contributed by atoms with Crippen molar-refractivity contribution < 1.29 is 0 Å². The van der Waals surface area contributed by atoms with Crippen LogP contribution in [0, 0.1) is 5.92 Å². The summed E-state index contributed by atoms with van der Waals surface area (Å²) in [4.78, 5) is 4.15. The third-order valence-corrected chi connectivity index (χ3v) is 4.27. The van der Waals surface area contributed by atoms with Crippen molar-refractivity contribution in [3.63, 3.8) is 0 Å². The molecule has 2 unspecified atom stereocenters. The summed E-state index contributed by atoms with van der Waals surface area (Å²) < 4.78 is 0. The fraction of sp³-hybridized carbons (Fsp3) is 0.714. The van der Waals surface area contributed by atoms with E-state index in [1.807, 2.05) is 11.3 Å². The SMILES string of the molecule is CC(C)CC1CNC(C)CN1Cc1cccs1. The van der Waals surface area contributed by atoms with Gasteiger partial charge in [0.05, 0.1) is 0 Å². The molecule has 17 heavy (non-hydrogen) atoms. The lowest BCUT2D eigenvalue weighted by molar-refractivity contribution is 0.112. The molecule has 3 heteroatoms. The number of nitrogens with one attached hydrogen (secondary N) is 1. The van der Waals surface area contributed by atoms with Crippen molar-refractivity contribution in [3.05, 3.63) is 22.4 Å². The maximum atomic E-state index is 3.61. The van der Waals surface area contributed by atoms with Crippen molar-refractivity contribution in [1.82, 2.24) is 10.2 Å². The van der Waals surface area contributed by atoms with Crippen LogP contribution in [0.15, 0.2) is 17.5 Å². The van der Waals surface area contributed by atoms with Crippen LogP contribution >= 0.6 is 11.3 Å². The monoisotopic (exact) mass is 252 g/mol. The maximum absolute atomic E-state index is 3.61. The molecule has 2 atom stereocenters. The van der Waals surface area contributed by atoms with Gasteiger partial charge in [0.25, 0.3) is 0 Å². The van der Waals surface area contributed by atoms with Crippen LogP contribution < -0.4 is 5.32 Å². The minimum absolute atomic E-state index is 0.623. The van der Waals surface area contributed by atoms with Crippen molar-refractivity contribution >= 4 is 11.3 Å². The first-order chi connectivity index (χ1) is 8.15. The van der Waals surface area contributed by atoms with E-state index >= 15 is 0 Å². The minimum atomic E-state index is 0.623. The summed E-state index contributed by atoms with van der Waals surface area (Å²) in [6, 6.07) is 5.74. The van der Waals surface area contributed by atoms with Gasteiger partial charge >= 0.3 is 0 Å². The van der Waals surface area contributed by atoms with Gasteiger partial charge in [-0.25, -0.2) is 0 Å². The van der Waals surface area contributed by atoms with E-state index in [2.05, 4.69) is 48.5 Å². The van der Waals surface area contributed by atoms with E-state index in [9.17, 15) is 0 Å². The molecule has 96 valence electrons. The Morgan fingerprint density at radius 3 is 3.00 bits per heavy atom. The van der Waals surface area contributed by atoms with Crippen LogP contribution in [-0.4, -0.2) is 30.1 Å². The van der Waals surface area contributed by atoms with E-state index in [4.69, 9.17) is 0 Å². The van der Waals surface area contributed by atoms with E-state index in [1.54, 1.807) is 0 Å². The quantitative estimate of drug-likeness (QED) is 0.886. The van der Waals surface area contributed by atoms with E-state index in [0.717, 1.165) is 19.0 Å². The van der Waals surface area contributed by atoms with Crippen molar-refractivity contribution in [2.45, 2.75) is 45.8 Å². The van der Waals surface area contributed by atoms with Gasteiger partial charge in [-0.15, -0.1) is 11.3 Å². The molecule has 0 aliphatic carbocycles. The maximum Gasteiger partial charge on any atom is 0.0332 e. The molecule has 0 radical (unpaired) electrons. The van der Waals surface area contributed by atoms with Crippen LogP contribution in [0.1, 0.15) is 32.1 Å². The predicted octanol–water partition coefficient (Wildman–Crippen LogP) is 2.96. The second-order valence-electron chi connectivity index (χ2n) is 5.60. The molecule has 1 N–H and O–H groups in total. The number of piperazine rings is 1. The Morgan fingerprint density at radius 1 is 1.53 bits per heavy atom. The highest BCUT2D eigenvalue weighted by Gasteiger charge is 2.26. The summed E-state index contributed by atoms with van der Waals surface area (Å²) in [6.07, 6.45) is 1.30. The average Bonchev–Trinajstić information content (AvgIpc) is 2.74. The lowest BCUT2D eigenvalue weighted by atomic mass is 9.99. The molecule has 0 aromatic carbocycles. The van der Waals surface area contributed by atoms with Crippen LogP contribution in [0.4, 0.5) is 0 Å². The zero-order valence-electron chi connectivity index (χ0n) is 11.1. The number of nitrogens with zero attached hydrogens (tertiary/aromatic N) is 1. The van der Waals surface area contributed by atoms with E-state index in [1.165, 1.54) is 17.8 Å². The minimum Gasteiger partial charge on any atom is -0.311 e. The molecule has 0 amide bonds. The first kappa shape index (κ1) is 13.1. The van der Waals surface area contributed by atoms with Crippen molar-refractivity contribution in [2.75, 3.05) is 13.1 Å². The Balaban J connectivity index is 1.98. The van der Waals surface area contributed by atoms with Gasteiger partial charge in [0.1, 0.15) is 0 Å². The zero-order chi connectivity index (χ0) is 12.3. The Morgan fingerprint density at radius 2 is 2.35 bits per heavy atom. The molecule has 1 fully saturated rings. The Kier molecular flexibility index (Phi) is 4.60. The van der Waals surface area contributed by atoms with Crippen molar-refractivity contribution in [2.24, 2.45) is 5.92 Å². The highest BCUT2D eigenvalue weighted by atomic mass is 32.1. The Bertz CT molecular complexity index is 321.